The van der Waals surface area contributed by atoms with Crippen LogP contribution in [0.1, 0.15) is 32.6 Å². The van der Waals surface area contributed by atoms with E-state index in [1.165, 1.54) is 12.1 Å². The predicted molar refractivity (Wildman–Crippen MR) is 130 cm³/mol. The van der Waals surface area contributed by atoms with Gasteiger partial charge >= 0.3 is 6.09 Å². The van der Waals surface area contributed by atoms with E-state index in [-0.39, 0.29) is 23.7 Å². The number of piperazine rings is 1. The van der Waals surface area contributed by atoms with E-state index in [2.05, 4.69) is 15.1 Å². The topological polar surface area (TPSA) is 96.4 Å². The molecule has 3 aliphatic rings. The molecule has 10 heteroatoms. The summed E-state index contributed by atoms with van der Waals surface area (Å²) in [5.74, 6) is -0.285. The van der Waals surface area contributed by atoms with Crippen LogP contribution in [0, 0.1) is 11.2 Å². The molecule has 3 amide bonds. The predicted octanol–water partition coefficient (Wildman–Crippen LogP) is 1.83. The number of halogens is 1. The number of hydrogen-bond acceptors (Lipinski definition) is 5. The van der Waals surface area contributed by atoms with Crippen molar-refractivity contribution < 1.29 is 23.9 Å². The van der Waals surface area contributed by atoms with E-state index in [0.29, 0.717) is 25.9 Å². The Morgan fingerprint density at radius 2 is 1.74 bits per heavy atom. The minimum Gasteiger partial charge on any atom is -0.465 e. The molecule has 1 aromatic carbocycles. The number of carboxylic acid groups (broad SMARTS) is 1. The van der Waals surface area contributed by atoms with Crippen molar-refractivity contribution in [1.82, 2.24) is 20.0 Å². The Bertz CT molecular complexity index is 926. The fourth-order valence-corrected chi connectivity index (χ4v) is 5.82. The Morgan fingerprint density at radius 1 is 1.11 bits per heavy atom. The number of carbonyl (C=O) groups excluding carboxylic acids is 2. The summed E-state index contributed by atoms with van der Waals surface area (Å²) >= 11 is 0. The zero-order valence-electron chi connectivity index (χ0n) is 20.6. The van der Waals surface area contributed by atoms with Crippen molar-refractivity contribution in [1.29, 1.82) is 0 Å². The van der Waals surface area contributed by atoms with Gasteiger partial charge in [0.05, 0.1) is 5.41 Å². The number of piperidine rings is 1. The number of benzene rings is 1. The molecule has 3 aliphatic heterocycles. The van der Waals surface area contributed by atoms with Crippen LogP contribution in [-0.4, -0.2) is 103 Å². The van der Waals surface area contributed by atoms with Gasteiger partial charge in [0.1, 0.15) is 11.9 Å². The van der Waals surface area contributed by atoms with Gasteiger partial charge in [0.2, 0.25) is 11.8 Å². The normalized spacial score (nSPS) is 23.6. The lowest BCUT2D eigenvalue weighted by Gasteiger charge is -2.38. The highest BCUT2D eigenvalue weighted by molar-refractivity contribution is 5.87. The molecule has 2 atom stereocenters. The molecule has 0 radical (unpaired) electrons. The molecule has 2 N–H and O–H groups in total. The molecule has 4 rings (SSSR count). The lowest BCUT2D eigenvalue weighted by Crippen LogP contribution is -2.52. The fourth-order valence-electron chi connectivity index (χ4n) is 5.82. The van der Waals surface area contributed by atoms with Gasteiger partial charge in [-0.2, -0.15) is 0 Å². The minimum absolute atomic E-state index is 0.174. The third kappa shape index (κ3) is 5.52. The molecule has 1 aromatic rings. The summed E-state index contributed by atoms with van der Waals surface area (Å²) in [6.45, 7) is 7.09. The maximum absolute atomic E-state index is 13.2. The molecular formula is C25H36FN5O4. The van der Waals surface area contributed by atoms with Crippen LogP contribution in [0.5, 0.6) is 0 Å². The molecule has 0 saturated carbocycles. The first kappa shape index (κ1) is 25.2. The number of anilines is 1. The molecule has 3 saturated heterocycles. The molecule has 1 unspecified atom stereocenters. The second-order valence-electron chi connectivity index (χ2n) is 10.1. The summed E-state index contributed by atoms with van der Waals surface area (Å²) in [5, 5.41) is 11.1. The van der Waals surface area contributed by atoms with Gasteiger partial charge in [0.15, 0.2) is 0 Å². The molecule has 0 bridgehead atoms. The van der Waals surface area contributed by atoms with Crippen molar-refractivity contribution in [2.45, 2.75) is 44.7 Å². The maximum Gasteiger partial charge on any atom is 0.405 e. The van der Waals surface area contributed by atoms with Crippen LogP contribution < -0.4 is 10.2 Å². The Hall–Kier alpha value is -2.88. The molecule has 0 aliphatic carbocycles. The lowest BCUT2D eigenvalue weighted by molar-refractivity contribution is -0.142. The van der Waals surface area contributed by atoms with Crippen LogP contribution >= 0.6 is 0 Å². The quantitative estimate of drug-likeness (QED) is 0.633. The molecule has 35 heavy (non-hydrogen) atoms. The van der Waals surface area contributed by atoms with Crippen molar-refractivity contribution in [3.63, 3.8) is 0 Å². The average Bonchev–Trinajstić information content (AvgIpc) is 3.08. The maximum atomic E-state index is 13.2. The first-order valence-electron chi connectivity index (χ1n) is 12.5. The largest absolute Gasteiger partial charge is 0.465 e. The van der Waals surface area contributed by atoms with Gasteiger partial charge in [-0.25, -0.2) is 9.18 Å². The van der Waals surface area contributed by atoms with E-state index in [1.54, 1.807) is 11.8 Å². The number of likely N-dealkylation sites (tertiary alicyclic amines) is 2. The average molecular weight is 490 g/mol. The van der Waals surface area contributed by atoms with Crippen LogP contribution in [0.3, 0.4) is 0 Å². The Kier molecular flexibility index (Phi) is 7.49. The van der Waals surface area contributed by atoms with Crippen LogP contribution in [0.25, 0.3) is 0 Å². The zero-order chi connectivity index (χ0) is 25.2. The number of nitrogens with zero attached hydrogens (tertiary/aromatic N) is 4. The van der Waals surface area contributed by atoms with Gasteiger partial charge in [-0.3, -0.25) is 14.5 Å². The van der Waals surface area contributed by atoms with Crippen LogP contribution in [0.15, 0.2) is 24.3 Å². The van der Waals surface area contributed by atoms with Crippen molar-refractivity contribution >= 4 is 23.6 Å². The third-order valence-electron chi connectivity index (χ3n) is 8.03. The van der Waals surface area contributed by atoms with Gasteiger partial charge in [0.25, 0.3) is 0 Å². The van der Waals surface area contributed by atoms with E-state index in [4.69, 9.17) is 5.11 Å². The van der Waals surface area contributed by atoms with Crippen molar-refractivity contribution in [2.24, 2.45) is 5.41 Å². The molecule has 9 nitrogen and oxygen atoms in total. The Balaban J connectivity index is 1.24. The van der Waals surface area contributed by atoms with E-state index in [0.717, 1.165) is 51.3 Å². The van der Waals surface area contributed by atoms with E-state index >= 15 is 0 Å². The number of amides is 3. The van der Waals surface area contributed by atoms with Crippen molar-refractivity contribution in [3.8, 4) is 0 Å². The summed E-state index contributed by atoms with van der Waals surface area (Å²) in [6.07, 6.45) is 1.75. The van der Waals surface area contributed by atoms with Crippen LogP contribution in [-0.2, 0) is 9.59 Å². The first-order valence-corrected chi connectivity index (χ1v) is 12.5. The highest BCUT2D eigenvalue weighted by Crippen LogP contribution is 2.44. The number of rotatable bonds is 6. The number of hydrogen-bond donors (Lipinski definition) is 2. The number of carbonyl (C=O) groups is 3. The van der Waals surface area contributed by atoms with E-state index < -0.39 is 17.6 Å². The first-order chi connectivity index (χ1) is 16.7. The minimum atomic E-state index is -1.22. The number of nitrogens with one attached hydrogen (secondary N) is 1. The van der Waals surface area contributed by atoms with Crippen molar-refractivity contribution in [2.75, 3.05) is 57.8 Å². The summed E-state index contributed by atoms with van der Waals surface area (Å²) in [4.78, 5) is 44.9. The Morgan fingerprint density at radius 3 is 2.34 bits per heavy atom. The molecular weight excluding hydrogens is 453 g/mol. The highest BCUT2D eigenvalue weighted by Gasteiger charge is 2.51. The molecule has 192 valence electrons. The monoisotopic (exact) mass is 489 g/mol. The van der Waals surface area contributed by atoms with Gasteiger partial charge in [-0.1, -0.05) is 0 Å². The summed E-state index contributed by atoms with van der Waals surface area (Å²) in [7, 11) is 1.89. The fraction of sp³-hybridized carbons (Fsp3) is 0.640. The molecule has 1 spiro atoms. The third-order valence-corrected chi connectivity index (χ3v) is 8.03. The van der Waals surface area contributed by atoms with Crippen molar-refractivity contribution in [3.05, 3.63) is 30.1 Å². The summed E-state index contributed by atoms with van der Waals surface area (Å²) in [6, 6.07) is 6.04. The molecule has 3 fully saturated rings. The van der Waals surface area contributed by atoms with E-state index in [1.807, 2.05) is 24.1 Å². The highest BCUT2D eigenvalue weighted by atomic mass is 19.1. The Labute approximate surface area is 205 Å². The van der Waals surface area contributed by atoms with Gasteiger partial charge < -0.3 is 25.1 Å². The van der Waals surface area contributed by atoms with Crippen LogP contribution in [0.4, 0.5) is 14.9 Å². The standard InChI is InChI=1S/C25H36FN5O4/c1-18(27-24(34)35)22(32)31-11-8-25(9-12-31)17-21(28(2)23(25)33)7-10-29-13-15-30(16-14-29)20-5-3-19(26)4-6-20/h3-6,18,21,27H,7-17H2,1-2H3,(H,34,35)/t18?,21-/m0/s1. The van der Waals surface area contributed by atoms with E-state index in [9.17, 15) is 18.8 Å². The summed E-state index contributed by atoms with van der Waals surface area (Å²) < 4.78 is 13.2. The second-order valence-corrected chi connectivity index (χ2v) is 10.1. The zero-order valence-corrected chi connectivity index (χ0v) is 20.6. The molecule has 0 aromatic heterocycles. The smallest absolute Gasteiger partial charge is 0.405 e. The van der Waals surface area contributed by atoms with Crippen LogP contribution in [0.2, 0.25) is 0 Å². The van der Waals surface area contributed by atoms with Gasteiger partial charge in [-0.15, -0.1) is 0 Å². The van der Waals surface area contributed by atoms with Gasteiger partial charge in [0, 0.05) is 64.6 Å². The lowest BCUT2D eigenvalue weighted by atomic mass is 9.75. The SMILES string of the molecule is CC(NC(=O)O)C(=O)N1CCC2(CC1)C[C@H](CCN1CCN(c3ccc(F)cc3)CC1)N(C)C2=O. The van der Waals surface area contributed by atoms with Gasteiger partial charge in [-0.05, 0) is 56.9 Å². The second kappa shape index (κ2) is 10.4. The molecule has 3 heterocycles. The summed E-state index contributed by atoms with van der Waals surface area (Å²) in [5.41, 5.74) is 0.632.